The zero-order valence-corrected chi connectivity index (χ0v) is 19.1. The smallest absolute Gasteiger partial charge is 0.408 e. The van der Waals surface area contributed by atoms with Gasteiger partial charge in [-0.15, -0.1) is 0 Å². The van der Waals surface area contributed by atoms with Gasteiger partial charge < -0.3 is 20.5 Å². The molecule has 1 aliphatic rings. The molecule has 0 radical (unpaired) electrons. The molecule has 1 aliphatic heterocycles. The van der Waals surface area contributed by atoms with Gasteiger partial charge in [-0.2, -0.15) is 0 Å². The molecular formula is C22H33FN4O5. The highest BCUT2D eigenvalue weighted by atomic mass is 19.1. The van der Waals surface area contributed by atoms with Crippen LogP contribution in [0.1, 0.15) is 44.5 Å². The minimum atomic E-state index is -1.11. The van der Waals surface area contributed by atoms with E-state index in [-0.39, 0.29) is 11.5 Å². The van der Waals surface area contributed by atoms with Gasteiger partial charge in [0, 0.05) is 44.3 Å². The van der Waals surface area contributed by atoms with Gasteiger partial charge in [0.05, 0.1) is 12.2 Å². The second kappa shape index (κ2) is 10.6. The van der Waals surface area contributed by atoms with Crippen molar-refractivity contribution >= 4 is 17.9 Å². The van der Waals surface area contributed by atoms with Crippen molar-refractivity contribution in [1.29, 1.82) is 0 Å². The number of hydrogen-bond acceptors (Lipinski definition) is 5. The third-order valence-corrected chi connectivity index (χ3v) is 5.45. The lowest BCUT2D eigenvalue weighted by Gasteiger charge is -2.41. The van der Waals surface area contributed by atoms with E-state index >= 15 is 0 Å². The van der Waals surface area contributed by atoms with Crippen LogP contribution in [0.2, 0.25) is 0 Å². The van der Waals surface area contributed by atoms with E-state index in [9.17, 15) is 23.9 Å². The molecule has 9 nitrogen and oxygen atoms in total. The molecule has 0 unspecified atom stereocenters. The summed E-state index contributed by atoms with van der Waals surface area (Å²) in [5, 5.41) is 9.52. The van der Waals surface area contributed by atoms with Gasteiger partial charge >= 0.3 is 6.09 Å². The highest BCUT2D eigenvalue weighted by Gasteiger charge is 2.37. The first kappa shape index (κ1) is 25.4. The number of carboxylic acid groups (broad SMARTS) is 1. The van der Waals surface area contributed by atoms with Crippen LogP contribution in [0.5, 0.6) is 5.75 Å². The number of rotatable bonds is 8. The van der Waals surface area contributed by atoms with Crippen LogP contribution in [0.15, 0.2) is 18.2 Å². The lowest BCUT2D eigenvalue weighted by atomic mass is 10.0. The van der Waals surface area contributed by atoms with E-state index in [1.54, 1.807) is 32.6 Å². The predicted molar refractivity (Wildman–Crippen MR) is 117 cm³/mol. The van der Waals surface area contributed by atoms with Crippen molar-refractivity contribution in [2.24, 2.45) is 5.73 Å². The van der Waals surface area contributed by atoms with Crippen molar-refractivity contribution in [3.05, 3.63) is 29.6 Å². The summed E-state index contributed by atoms with van der Waals surface area (Å²) in [5.74, 6) is -1.39. The molecule has 3 N–H and O–H groups in total. The molecule has 0 saturated carbocycles. The molecule has 1 fully saturated rings. The topological polar surface area (TPSA) is 116 Å². The van der Waals surface area contributed by atoms with Crippen LogP contribution in [0, 0.1) is 5.82 Å². The minimum Gasteiger partial charge on any atom is -0.493 e. The van der Waals surface area contributed by atoms with E-state index in [1.807, 2.05) is 0 Å². The first-order valence-corrected chi connectivity index (χ1v) is 10.7. The van der Waals surface area contributed by atoms with E-state index in [1.165, 1.54) is 17.0 Å². The Balaban J connectivity index is 1.76. The molecule has 1 heterocycles. The van der Waals surface area contributed by atoms with Gasteiger partial charge in [0.15, 0.2) is 0 Å². The molecule has 1 saturated heterocycles. The molecule has 0 spiro atoms. The van der Waals surface area contributed by atoms with Crippen LogP contribution in [0.4, 0.5) is 9.18 Å². The lowest BCUT2D eigenvalue weighted by molar-refractivity contribution is -0.139. The monoisotopic (exact) mass is 452 g/mol. The number of amides is 3. The van der Waals surface area contributed by atoms with Gasteiger partial charge in [-0.05, 0) is 46.2 Å². The van der Waals surface area contributed by atoms with Crippen LogP contribution in [0.3, 0.4) is 0 Å². The highest BCUT2D eigenvalue weighted by molar-refractivity contribution is 5.93. The number of carbonyl (C=O) groups excluding carboxylic acids is 2. The summed E-state index contributed by atoms with van der Waals surface area (Å²) in [5.41, 5.74) is 4.23. The number of halogens is 1. The van der Waals surface area contributed by atoms with Gasteiger partial charge in [0.1, 0.15) is 17.6 Å². The molecule has 1 atom stereocenters. The second-order valence-electron chi connectivity index (χ2n) is 8.87. The summed E-state index contributed by atoms with van der Waals surface area (Å²) < 4.78 is 19.3. The normalized spacial score (nSPS) is 15.8. The molecule has 10 heteroatoms. The number of nitrogens with zero attached hydrogens (tertiary/aromatic N) is 3. The third-order valence-electron chi connectivity index (χ3n) is 5.45. The van der Waals surface area contributed by atoms with Gasteiger partial charge in [0.2, 0.25) is 5.91 Å². The van der Waals surface area contributed by atoms with Crippen molar-refractivity contribution < 1.29 is 28.6 Å². The van der Waals surface area contributed by atoms with Crippen LogP contribution in [-0.4, -0.2) is 88.6 Å². The van der Waals surface area contributed by atoms with Crippen molar-refractivity contribution in [1.82, 2.24) is 14.7 Å². The first-order chi connectivity index (χ1) is 14.9. The molecular weight excluding hydrogens is 419 g/mol. The Morgan fingerprint density at radius 3 is 2.34 bits per heavy atom. The molecule has 0 aliphatic carbocycles. The van der Waals surface area contributed by atoms with E-state index in [2.05, 4.69) is 4.90 Å². The average Bonchev–Trinajstić information content (AvgIpc) is 2.69. The van der Waals surface area contributed by atoms with E-state index in [4.69, 9.17) is 10.5 Å². The Bertz CT molecular complexity index is 834. The zero-order chi connectivity index (χ0) is 24.1. The molecule has 178 valence electrons. The Morgan fingerprint density at radius 1 is 1.22 bits per heavy atom. The van der Waals surface area contributed by atoms with Crippen LogP contribution < -0.4 is 10.5 Å². The SMILES string of the molecule is C[C@H](C(=O)N1CCN(CCCOc2ccc(C(N)=O)c(F)c2)CC1)N(C(=O)O)C(C)(C)C. The summed E-state index contributed by atoms with van der Waals surface area (Å²) in [6, 6.07) is 3.19. The number of piperazine rings is 1. The maximum Gasteiger partial charge on any atom is 0.408 e. The van der Waals surface area contributed by atoms with Gasteiger partial charge in [-0.1, -0.05) is 0 Å². The molecule has 32 heavy (non-hydrogen) atoms. The maximum atomic E-state index is 13.8. The first-order valence-electron chi connectivity index (χ1n) is 10.7. The number of hydrogen-bond donors (Lipinski definition) is 2. The Morgan fingerprint density at radius 2 is 1.84 bits per heavy atom. The summed E-state index contributed by atoms with van der Waals surface area (Å²) in [6.07, 6.45) is -0.401. The Labute approximate surface area is 187 Å². The summed E-state index contributed by atoms with van der Waals surface area (Å²) in [4.78, 5) is 40.6. The van der Waals surface area contributed by atoms with Crippen LogP contribution in [0.25, 0.3) is 0 Å². The number of carbonyl (C=O) groups is 3. The largest absolute Gasteiger partial charge is 0.493 e. The lowest BCUT2D eigenvalue weighted by Crippen LogP contribution is -2.59. The Hall–Kier alpha value is -2.88. The average molecular weight is 453 g/mol. The highest BCUT2D eigenvalue weighted by Crippen LogP contribution is 2.20. The molecule has 1 aromatic rings. The minimum absolute atomic E-state index is 0.173. The Kier molecular flexibility index (Phi) is 8.43. The van der Waals surface area contributed by atoms with Gasteiger partial charge in [0.25, 0.3) is 5.91 Å². The van der Waals surface area contributed by atoms with E-state index in [0.717, 1.165) is 12.6 Å². The number of nitrogens with two attached hydrogens (primary N) is 1. The van der Waals surface area contributed by atoms with Gasteiger partial charge in [-0.3, -0.25) is 19.4 Å². The van der Waals surface area contributed by atoms with E-state index in [0.29, 0.717) is 45.0 Å². The van der Waals surface area contributed by atoms with Crippen LogP contribution >= 0.6 is 0 Å². The number of primary amides is 1. The van der Waals surface area contributed by atoms with Crippen molar-refractivity contribution in [3.63, 3.8) is 0 Å². The fraction of sp³-hybridized carbons (Fsp3) is 0.591. The summed E-state index contributed by atoms with van der Waals surface area (Å²) >= 11 is 0. The van der Waals surface area contributed by atoms with Crippen molar-refractivity contribution in [2.75, 3.05) is 39.3 Å². The molecule has 0 aromatic heterocycles. The zero-order valence-electron chi connectivity index (χ0n) is 19.1. The van der Waals surface area contributed by atoms with Crippen molar-refractivity contribution in [3.8, 4) is 5.75 Å². The second-order valence-corrected chi connectivity index (χ2v) is 8.87. The summed E-state index contributed by atoms with van der Waals surface area (Å²) in [6.45, 7) is 10.5. The molecule has 1 aromatic carbocycles. The number of benzene rings is 1. The fourth-order valence-corrected chi connectivity index (χ4v) is 3.86. The van der Waals surface area contributed by atoms with E-state index < -0.39 is 29.4 Å². The van der Waals surface area contributed by atoms with Gasteiger partial charge in [-0.25, -0.2) is 9.18 Å². The molecule has 2 rings (SSSR count). The maximum absolute atomic E-state index is 13.8. The number of ether oxygens (including phenoxy) is 1. The van der Waals surface area contributed by atoms with Crippen LogP contribution in [-0.2, 0) is 4.79 Å². The summed E-state index contributed by atoms with van der Waals surface area (Å²) in [7, 11) is 0. The fourth-order valence-electron chi connectivity index (χ4n) is 3.86. The van der Waals surface area contributed by atoms with Crippen molar-refractivity contribution in [2.45, 2.75) is 45.7 Å². The quantitative estimate of drug-likeness (QED) is 0.583. The third kappa shape index (κ3) is 6.56. The predicted octanol–water partition coefficient (Wildman–Crippen LogP) is 2.00. The standard InChI is InChI=1S/C22H33FN4O5/c1-15(27(21(30)31)22(2,3)4)20(29)26-11-9-25(10-12-26)8-5-13-32-16-6-7-17(19(24)28)18(23)14-16/h6-7,14-15H,5,8-13H2,1-4H3,(H2,24,28)(H,30,31)/t15-/m1/s1. The molecule has 3 amide bonds. The molecule has 0 bridgehead atoms.